The van der Waals surface area contributed by atoms with Gasteiger partial charge in [-0.1, -0.05) is 19.1 Å². The van der Waals surface area contributed by atoms with Gasteiger partial charge >= 0.3 is 0 Å². The molecular weight excluding hydrogens is 230 g/mol. The van der Waals surface area contributed by atoms with Crippen LogP contribution in [-0.2, 0) is 6.42 Å². The second kappa shape index (κ2) is 6.31. The van der Waals surface area contributed by atoms with Crippen LogP contribution in [0.5, 0.6) is 5.75 Å². The molecule has 0 aliphatic carbocycles. The van der Waals surface area contributed by atoms with Crippen molar-refractivity contribution in [3.05, 3.63) is 29.8 Å². The topological polar surface area (TPSA) is 12.5 Å². The first-order valence-electron chi connectivity index (χ1n) is 6.28. The van der Waals surface area contributed by atoms with Crippen molar-refractivity contribution in [2.45, 2.75) is 25.8 Å². The van der Waals surface area contributed by atoms with E-state index in [1.54, 1.807) is 7.11 Å². The fourth-order valence-electron chi connectivity index (χ4n) is 2.28. The number of thioether (sulfide) groups is 1. The molecule has 17 heavy (non-hydrogen) atoms. The van der Waals surface area contributed by atoms with Gasteiger partial charge in [0, 0.05) is 24.2 Å². The van der Waals surface area contributed by atoms with Crippen molar-refractivity contribution in [1.29, 1.82) is 0 Å². The lowest BCUT2D eigenvalue weighted by Gasteiger charge is -2.25. The lowest BCUT2D eigenvalue weighted by molar-refractivity contribution is 0.247. The van der Waals surface area contributed by atoms with Gasteiger partial charge in [0.2, 0.25) is 0 Å². The average Bonchev–Trinajstić information content (AvgIpc) is 2.90. The Balaban J connectivity index is 1.96. The summed E-state index contributed by atoms with van der Waals surface area (Å²) in [5.41, 5.74) is 1.41. The van der Waals surface area contributed by atoms with Crippen molar-refractivity contribution in [3.8, 4) is 5.75 Å². The first-order valence-corrected chi connectivity index (χ1v) is 7.43. The Morgan fingerprint density at radius 3 is 2.65 bits per heavy atom. The van der Waals surface area contributed by atoms with Crippen LogP contribution in [0.3, 0.4) is 0 Å². The van der Waals surface area contributed by atoms with Crippen molar-refractivity contribution in [3.63, 3.8) is 0 Å². The summed E-state index contributed by atoms with van der Waals surface area (Å²) in [5, 5.41) is 0. The van der Waals surface area contributed by atoms with E-state index >= 15 is 0 Å². The minimum Gasteiger partial charge on any atom is -0.497 e. The molecule has 2 nitrogen and oxygen atoms in total. The molecule has 0 aromatic heterocycles. The smallest absolute Gasteiger partial charge is 0.118 e. The second-order valence-corrected chi connectivity index (χ2v) is 5.54. The van der Waals surface area contributed by atoms with E-state index in [0.29, 0.717) is 6.04 Å². The van der Waals surface area contributed by atoms with E-state index in [2.05, 4.69) is 36.1 Å². The van der Waals surface area contributed by atoms with E-state index < -0.39 is 0 Å². The first kappa shape index (κ1) is 12.8. The lowest BCUT2D eigenvalue weighted by Crippen LogP contribution is -2.33. The van der Waals surface area contributed by atoms with Gasteiger partial charge in [0.15, 0.2) is 0 Å². The van der Waals surface area contributed by atoms with Crippen LogP contribution in [0.2, 0.25) is 0 Å². The third kappa shape index (κ3) is 3.39. The normalized spacial score (nSPS) is 18.2. The summed E-state index contributed by atoms with van der Waals surface area (Å²) < 4.78 is 5.19. The Hall–Kier alpha value is -0.670. The molecule has 1 aromatic rings. The van der Waals surface area contributed by atoms with Crippen molar-refractivity contribution < 1.29 is 4.74 Å². The summed E-state index contributed by atoms with van der Waals surface area (Å²) in [5.74, 6) is 3.44. The van der Waals surface area contributed by atoms with Crippen LogP contribution in [0.4, 0.5) is 0 Å². The molecule has 1 fully saturated rings. The largest absolute Gasteiger partial charge is 0.497 e. The van der Waals surface area contributed by atoms with Gasteiger partial charge in [-0.2, -0.15) is 0 Å². The number of nitrogens with zero attached hydrogens (tertiary/aromatic N) is 1. The number of methoxy groups -OCH3 is 1. The van der Waals surface area contributed by atoms with Crippen LogP contribution in [0.1, 0.15) is 18.9 Å². The standard InChI is InChI=1S/C14H21NOS/c1-3-13(15-8-9-17-11-15)10-12-4-6-14(16-2)7-5-12/h4-7,13H,3,8-11H2,1-2H3. The molecule has 3 heteroatoms. The number of hydrogen-bond donors (Lipinski definition) is 0. The summed E-state index contributed by atoms with van der Waals surface area (Å²) in [6, 6.07) is 9.18. The zero-order valence-corrected chi connectivity index (χ0v) is 11.5. The van der Waals surface area contributed by atoms with Crippen molar-refractivity contribution in [1.82, 2.24) is 4.90 Å². The molecule has 1 saturated heterocycles. The predicted molar refractivity (Wildman–Crippen MR) is 74.8 cm³/mol. The van der Waals surface area contributed by atoms with Gasteiger partial charge in [0.05, 0.1) is 7.11 Å². The summed E-state index contributed by atoms with van der Waals surface area (Å²) in [6.45, 7) is 3.54. The summed E-state index contributed by atoms with van der Waals surface area (Å²) in [6.07, 6.45) is 2.38. The zero-order chi connectivity index (χ0) is 12.1. The number of ether oxygens (including phenoxy) is 1. The molecule has 1 atom stereocenters. The van der Waals surface area contributed by atoms with Crippen LogP contribution in [-0.4, -0.2) is 36.2 Å². The molecule has 0 N–H and O–H groups in total. The third-order valence-corrected chi connectivity index (χ3v) is 4.38. The highest BCUT2D eigenvalue weighted by molar-refractivity contribution is 7.99. The molecule has 0 spiro atoms. The average molecular weight is 251 g/mol. The minimum absolute atomic E-state index is 0.693. The highest BCUT2D eigenvalue weighted by Crippen LogP contribution is 2.21. The van der Waals surface area contributed by atoms with Crippen molar-refractivity contribution in [2.75, 3.05) is 25.3 Å². The van der Waals surface area contributed by atoms with Gasteiger partial charge in [-0.15, -0.1) is 11.8 Å². The lowest BCUT2D eigenvalue weighted by atomic mass is 10.0. The highest BCUT2D eigenvalue weighted by atomic mass is 32.2. The molecule has 0 radical (unpaired) electrons. The van der Waals surface area contributed by atoms with E-state index in [1.165, 1.54) is 30.2 Å². The van der Waals surface area contributed by atoms with Gasteiger partial charge in [-0.3, -0.25) is 4.90 Å². The predicted octanol–water partition coefficient (Wildman–Crippen LogP) is 3.02. The first-order chi connectivity index (χ1) is 8.33. The Kier molecular flexibility index (Phi) is 4.75. The van der Waals surface area contributed by atoms with E-state index in [4.69, 9.17) is 4.74 Å². The maximum atomic E-state index is 5.19. The molecule has 1 heterocycles. The van der Waals surface area contributed by atoms with Crippen LogP contribution in [0.25, 0.3) is 0 Å². The molecule has 1 aliphatic rings. The Morgan fingerprint density at radius 2 is 2.12 bits per heavy atom. The minimum atomic E-state index is 0.693. The van der Waals surface area contributed by atoms with Gasteiger partial charge < -0.3 is 4.74 Å². The van der Waals surface area contributed by atoms with Crippen LogP contribution < -0.4 is 4.74 Å². The molecule has 1 aromatic carbocycles. The molecule has 2 rings (SSSR count). The monoisotopic (exact) mass is 251 g/mol. The SMILES string of the molecule is CCC(Cc1ccc(OC)cc1)N1CCSC1. The second-order valence-electron chi connectivity index (χ2n) is 4.46. The molecule has 0 bridgehead atoms. The van der Waals surface area contributed by atoms with Crippen LogP contribution in [0, 0.1) is 0 Å². The maximum absolute atomic E-state index is 5.19. The van der Waals surface area contributed by atoms with Crippen LogP contribution in [0.15, 0.2) is 24.3 Å². The van der Waals surface area contributed by atoms with Crippen LogP contribution >= 0.6 is 11.8 Å². The summed E-state index contributed by atoms with van der Waals surface area (Å²) in [4.78, 5) is 2.61. The number of rotatable bonds is 5. The Bertz CT molecular complexity index is 333. The van der Waals surface area contributed by atoms with Gasteiger partial charge in [0.25, 0.3) is 0 Å². The van der Waals surface area contributed by atoms with Crippen molar-refractivity contribution >= 4 is 11.8 Å². The van der Waals surface area contributed by atoms with E-state index in [9.17, 15) is 0 Å². The fraction of sp³-hybridized carbons (Fsp3) is 0.571. The van der Waals surface area contributed by atoms with E-state index in [0.717, 1.165) is 12.2 Å². The van der Waals surface area contributed by atoms with E-state index in [-0.39, 0.29) is 0 Å². The summed E-state index contributed by atoms with van der Waals surface area (Å²) >= 11 is 2.05. The maximum Gasteiger partial charge on any atom is 0.118 e. The van der Waals surface area contributed by atoms with Gasteiger partial charge in [0.1, 0.15) is 5.75 Å². The third-order valence-electron chi connectivity index (χ3n) is 3.40. The molecule has 94 valence electrons. The Morgan fingerprint density at radius 1 is 1.35 bits per heavy atom. The summed E-state index contributed by atoms with van der Waals surface area (Å²) in [7, 11) is 1.71. The van der Waals surface area contributed by atoms with Gasteiger partial charge in [-0.25, -0.2) is 0 Å². The molecule has 0 amide bonds. The van der Waals surface area contributed by atoms with Gasteiger partial charge in [-0.05, 0) is 30.5 Å². The zero-order valence-electron chi connectivity index (χ0n) is 10.7. The highest BCUT2D eigenvalue weighted by Gasteiger charge is 2.20. The molecular formula is C14H21NOS. The number of benzene rings is 1. The van der Waals surface area contributed by atoms with Crippen molar-refractivity contribution in [2.24, 2.45) is 0 Å². The number of hydrogen-bond acceptors (Lipinski definition) is 3. The fourth-order valence-corrected chi connectivity index (χ4v) is 3.35. The molecule has 0 saturated carbocycles. The molecule has 1 unspecified atom stereocenters. The molecule has 1 aliphatic heterocycles. The van der Waals surface area contributed by atoms with E-state index in [1.807, 2.05) is 11.8 Å². The quantitative estimate of drug-likeness (QED) is 0.798. The Labute approximate surface area is 108 Å².